The number of halogens is 1. The first-order valence-electron chi connectivity index (χ1n) is 9.75. The standard InChI is InChI=1S/C21H31ClN2O4/c1-14(2)8-10-28-19-17(22)11-16(12-18(19)27-5)21(26)24-9-6-7-15(13-24)20(25)23(3)4/h11-12,14-15H,6-10,13H2,1-5H3. The summed E-state index contributed by atoms with van der Waals surface area (Å²) in [4.78, 5) is 28.6. The Morgan fingerprint density at radius 1 is 1.32 bits per heavy atom. The number of piperidine rings is 1. The summed E-state index contributed by atoms with van der Waals surface area (Å²) in [6, 6.07) is 3.28. The van der Waals surface area contributed by atoms with Crippen molar-refractivity contribution in [2.45, 2.75) is 33.1 Å². The summed E-state index contributed by atoms with van der Waals surface area (Å²) >= 11 is 6.40. The second kappa shape index (κ2) is 10.0. The average Bonchev–Trinajstić information content (AvgIpc) is 2.67. The molecule has 1 aliphatic rings. The lowest BCUT2D eigenvalue weighted by atomic mass is 9.96. The Bertz CT molecular complexity index is 706. The van der Waals surface area contributed by atoms with Crippen molar-refractivity contribution in [2.75, 3.05) is 40.9 Å². The Balaban J connectivity index is 2.16. The summed E-state index contributed by atoms with van der Waals surface area (Å²) in [5.41, 5.74) is 0.441. The molecule has 1 aromatic carbocycles. The van der Waals surface area contributed by atoms with Crippen LogP contribution in [0.3, 0.4) is 0 Å². The number of carbonyl (C=O) groups is 2. The lowest BCUT2D eigenvalue weighted by molar-refractivity contribution is -0.134. The van der Waals surface area contributed by atoms with E-state index in [0.717, 1.165) is 19.3 Å². The molecule has 0 saturated carbocycles. The van der Waals surface area contributed by atoms with E-state index >= 15 is 0 Å². The van der Waals surface area contributed by atoms with Crippen LogP contribution in [0.15, 0.2) is 12.1 Å². The van der Waals surface area contributed by atoms with Crippen molar-refractivity contribution in [3.05, 3.63) is 22.7 Å². The SMILES string of the molecule is COc1cc(C(=O)N2CCCC(C(=O)N(C)C)C2)cc(Cl)c1OCCC(C)C. The van der Waals surface area contributed by atoms with Crippen LogP contribution in [-0.2, 0) is 4.79 Å². The fourth-order valence-electron chi connectivity index (χ4n) is 3.29. The van der Waals surface area contributed by atoms with Crippen LogP contribution < -0.4 is 9.47 Å². The summed E-state index contributed by atoms with van der Waals surface area (Å²) in [7, 11) is 5.01. The maximum Gasteiger partial charge on any atom is 0.254 e. The molecule has 1 saturated heterocycles. The Morgan fingerprint density at radius 3 is 2.64 bits per heavy atom. The van der Waals surface area contributed by atoms with Crippen LogP contribution >= 0.6 is 11.6 Å². The van der Waals surface area contributed by atoms with Gasteiger partial charge in [0, 0.05) is 32.7 Å². The van der Waals surface area contributed by atoms with Crippen molar-refractivity contribution in [2.24, 2.45) is 11.8 Å². The summed E-state index contributed by atoms with van der Waals surface area (Å²) in [5.74, 6) is 1.16. The molecule has 0 bridgehead atoms. The molecule has 0 spiro atoms. The fourth-order valence-corrected chi connectivity index (χ4v) is 3.56. The van der Waals surface area contributed by atoms with Crippen LogP contribution in [0.2, 0.25) is 5.02 Å². The van der Waals surface area contributed by atoms with Gasteiger partial charge in [-0.3, -0.25) is 9.59 Å². The van der Waals surface area contributed by atoms with E-state index in [1.54, 1.807) is 36.0 Å². The number of likely N-dealkylation sites (tertiary alicyclic amines) is 1. The van der Waals surface area contributed by atoms with Gasteiger partial charge < -0.3 is 19.3 Å². The zero-order valence-corrected chi connectivity index (χ0v) is 18.2. The number of hydrogen-bond donors (Lipinski definition) is 0. The van der Waals surface area contributed by atoms with Gasteiger partial charge in [0.2, 0.25) is 5.91 Å². The molecule has 2 rings (SSSR count). The highest BCUT2D eigenvalue weighted by atomic mass is 35.5. The highest BCUT2D eigenvalue weighted by molar-refractivity contribution is 6.32. The molecule has 0 aliphatic carbocycles. The lowest BCUT2D eigenvalue weighted by Gasteiger charge is -2.33. The second-order valence-electron chi connectivity index (χ2n) is 7.84. The number of benzene rings is 1. The Kier molecular flexibility index (Phi) is 7.98. The molecular weight excluding hydrogens is 380 g/mol. The van der Waals surface area contributed by atoms with Gasteiger partial charge in [-0.2, -0.15) is 0 Å². The maximum absolute atomic E-state index is 13.0. The van der Waals surface area contributed by atoms with Gasteiger partial charge in [0.25, 0.3) is 5.91 Å². The number of nitrogens with zero attached hydrogens (tertiary/aromatic N) is 2. The minimum Gasteiger partial charge on any atom is -0.493 e. The number of methoxy groups -OCH3 is 1. The highest BCUT2D eigenvalue weighted by Gasteiger charge is 2.30. The fraction of sp³-hybridized carbons (Fsp3) is 0.619. The van der Waals surface area contributed by atoms with Gasteiger partial charge in [0.05, 0.1) is 24.7 Å². The number of amides is 2. The molecule has 6 nitrogen and oxygen atoms in total. The molecule has 1 aliphatic heterocycles. The van der Waals surface area contributed by atoms with E-state index in [1.165, 1.54) is 7.11 Å². The average molecular weight is 411 g/mol. The van der Waals surface area contributed by atoms with Gasteiger partial charge in [-0.15, -0.1) is 0 Å². The largest absolute Gasteiger partial charge is 0.493 e. The van der Waals surface area contributed by atoms with Gasteiger partial charge in [0.15, 0.2) is 11.5 Å². The zero-order valence-electron chi connectivity index (χ0n) is 17.5. The molecule has 156 valence electrons. The summed E-state index contributed by atoms with van der Waals surface area (Å²) in [6.07, 6.45) is 2.50. The normalized spacial score (nSPS) is 16.8. The van der Waals surface area contributed by atoms with Crippen LogP contribution in [0, 0.1) is 11.8 Å². The molecule has 1 aromatic rings. The molecule has 0 N–H and O–H groups in total. The molecule has 0 radical (unpaired) electrons. The number of rotatable bonds is 7. The Labute approximate surface area is 172 Å². The highest BCUT2D eigenvalue weighted by Crippen LogP contribution is 2.37. The monoisotopic (exact) mass is 410 g/mol. The summed E-state index contributed by atoms with van der Waals surface area (Å²) < 4.78 is 11.2. The molecule has 7 heteroatoms. The van der Waals surface area contributed by atoms with Crippen molar-refractivity contribution < 1.29 is 19.1 Å². The quantitative estimate of drug-likeness (QED) is 0.687. The van der Waals surface area contributed by atoms with Crippen LogP contribution in [0.25, 0.3) is 0 Å². The van der Waals surface area contributed by atoms with Crippen LogP contribution in [-0.4, -0.2) is 62.5 Å². The zero-order chi connectivity index (χ0) is 20.8. The van der Waals surface area contributed by atoms with Gasteiger partial charge in [-0.1, -0.05) is 25.4 Å². The van der Waals surface area contributed by atoms with E-state index in [-0.39, 0.29) is 17.7 Å². The second-order valence-corrected chi connectivity index (χ2v) is 8.25. The molecule has 1 fully saturated rings. The van der Waals surface area contributed by atoms with Crippen molar-refractivity contribution >= 4 is 23.4 Å². The first kappa shape index (κ1) is 22.3. The topological polar surface area (TPSA) is 59.1 Å². The maximum atomic E-state index is 13.0. The number of hydrogen-bond acceptors (Lipinski definition) is 4. The molecule has 1 unspecified atom stereocenters. The third kappa shape index (κ3) is 5.53. The summed E-state index contributed by atoms with van der Waals surface area (Å²) in [5, 5.41) is 0.351. The van der Waals surface area contributed by atoms with E-state index in [9.17, 15) is 9.59 Å². The van der Waals surface area contributed by atoms with Gasteiger partial charge in [0.1, 0.15) is 0 Å². The molecule has 1 heterocycles. The van der Waals surface area contributed by atoms with E-state index < -0.39 is 0 Å². The van der Waals surface area contributed by atoms with Crippen molar-refractivity contribution in [1.82, 2.24) is 9.80 Å². The Hall–Kier alpha value is -1.95. The van der Waals surface area contributed by atoms with E-state index in [0.29, 0.717) is 47.7 Å². The van der Waals surface area contributed by atoms with Crippen LogP contribution in [0.1, 0.15) is 43.5 Å². The smallest absolute Gasteiger partial charge is 0.254 e. The third-order valence-electron chi connectivity index (χ3n) is 4.92. The van der Waals surface area contributed by atoms with Gasteiger partial charge in [-0.25, -0.2) is 0 Å². The molecule has 1 atom stereocenters. The van der Waals surface area contributed by atoms with Crippen molar-refractivity contribution in [3.8, 4) is 11.5 Å². The van der Waals surface area contributed by atoms with Crippen molar-refractivity contribution in [3.63, 3.8) is 0 Å². The number of ether oxygens (including phenoxy) is 2. The van der Waals surface area contributed by atoms with Crippen LogP contribution in [0.4, 0.5) is 0 Å². The predicted molar refractivity (Wildman–Crippen MR) is 110 cm³/mol. The molecule has 2 amide bonds. The van der Waals surface area contributed by atoms with E-state index in [4.69, 9.17) is 21.1 Å². The summed E-state index contributed by atoms with van der Waals surface area (Å²) in [6.45, 7) is 5.82. The minimum atomic E-state index is -0.163. The lowest BCUT2D eigenvalue weighted by Crippen LogP contribution is -2.45. The predicted octanol–water partition coefficient (Wildman–Crippen LogP) is 3.71. The third-order valence-corrected chi connectivity index (χ3v) is 5.20. The van der Waals surface area contributed by atoms with Gasteiger partial charge >= 0.3 is 0 Å². The molecule has 0 aromatic heterocycles. The van der Waals surface area contributed by atoms with Gasteiger partial charge in [-0.05, 0) is 37.3 Å². The minimum absolute atomic E-state index is 0.0574. The van der Waals surface area contributed by atoms with E-state index in [2.05, 4.69) is 13.8 Å². The molecule has 28 heavy (non-hydrogen) atoms. The molecular formula is C21H31ClN2O4. The van der Waals surface area contributed by atoms with Crippen LogP contribution in [0.5, 0.6) is 11.5 Å². The number of carbonyl (C=O) groups excluding carboxylic acids is 2. The van der Waals surface area contributed by atoms with E-state index in [1.807, 2.05) is 0 Å². The van der Waals surface area contributed by atoms with Crippen molar-refractivity contribution in [1.29, 1.82) is 0 Å². The first-order valence-corrected chi connectivity index (χ1v) is 10.1. The Morgan fingerprint density at radius 2 is 2.04 bits per heavy atom. The first-order chi connectivity index (χ1) is 13.2.